The highest BCUT2D eigenvalue weighted by Gasteiger charge is 2.25. The number of halogens is 1. The minimum absolute atomic E-state index is 0.0235. The number of carbonyl (C=O) groups is 1. The predicted octanol–water partition coefficient (Wildman–Crippen LogP) is 2.28. The van der Waals surface area contributed by atoms with E-state index in [1.807, 2.05) is 12.3 Å². The van der Waals surface area contributed by atoms with Gasteiger partial charge in [-0.1, -0.05) is 24.3 Å². The summed E-state index contributed by atoms with van der Waals surface area (Å²) >= 11 is 0. The lowest BCUT2D eigenvalue weighted by Gasteiger charge is -2.31. The van der Waals surface area contributed by atoms with Crippen molar-refractivity contribution < 1.29 is 14.3 Å². The van der Waals surface area contributed by atoms with Crippen LogP contribution < -0.4 is 5.32 Å². The third kappa shape index (κ3) is 4.86. The quantitative estimate of drug-likeness (QED) is 0.833. The number of pyridine rings is 1. The Labute approximate surface area is 152 Å². The number of nitrogens with one attached hydrogen (secondary N) is 1. The lowest BCUT2D eigenvalue weighted by molar-refractivity contribution is -0.127. The van der Waals surface area contributed by atoms with E-state index in [0.29, 0.717) is 0 Å². The maximum Gasteiger partial charge on any atom is 0.223 e. The van der Waals surface area contributed by atoms with E-state index < -0.39 is 11.9 Å². The molecule has 1 fully saturated rings. The van der Waals surface area contributed by atoms with Crippen LogP contribution in [0.3, 0.4) is 0 Å². The summed E-state index contributed by atoms with van der Waals surface area (Å²) in [6.45, 7) is 2.57. The highest BCUT2D eigenvalue weighted by atomic mass is 19.1. The van der Waals surface area contributed by atoms with Crippen molar-refractivity contribution >= 4 is 5.91 Å². The fraction of sp³-hybridized carbons (Fsp3) is 0.400. The average molecular weight is 357 g/mol. The standard InChI is InChI=1S/C20H24FN3O2/c21-18-6-2-1-5-17(18)19(25)13-23-20(26)16-7-10-24(11-8-16)14-15-4-3-9-22-12-15/h1-6,9,12,16,19,25H,7-8,10-11,13-14H2,(H,23,26). The van der Waals surface area contributed by atoms with Gasteiger partial charge in [0, 0.05) is 37.0 Å². The van der Waals surface area contributed by atoms with Gasteiger partial charge in [-0.15, -0.1) is 0 Å². The number of aliphatic hydroxyl groups is 1. The first kappa shape index (κ1) is 18.5. The maximum atomic E-state index is 13.7. The van der Waals surface area contributed by atoms with Crippen LogP contribution in [0.4, 0.5) is 4.39 Å². The number of aliphatic hydroxyl groups excluding tert-OH is 1. The number of hydrogen-bond donors (Lipinski definition) is 2. The van der Waals surface area contributed by atoms with Gasteiger partial charge < -0.3 is 10.4 Å². The van der Waals surface area contributed by atoms with Crippen molar-refractivity contribution in [3.05, 3.63) is 65.7 Å². The molecule has 3 rings (SSSR count). The molecule has 0 saturated carbocycles. The molecule has 0 radical (unpaired) electrons. The number of carbonyl (C=O) groups excluding carboxylic acids is 1. The number of likely N-dealkylation sites (tertiary alicyclic amines) is 1. The Morgan fingerprint density at radius 2 is 2.04 bits per heavy atom. The normalized spacial score (nSPS) is 17.0. The number of benzene rings is 1. The van der Waals surface area contributed by atoms with Crippen molar-refractivity contribution in [1.82, 2.24) is 15.2 Å². The Morgan fingerprint density at radius 1 is 1.27 bits per heavy atom. The molecule has 2 heterocycles. The third-order valence-corrected chi connectivity index (χ3v) is 4.82. The van der Waals surface area contributed by atoms with Gasteiger partial charge in [0.1, 0.15) is 5.82 Å². The molecule has 1 aliphatic heterocycles. The van der Waals surface area contributed by atoms with E-state index in [2.05, 4.69) is 21.3 Å². The zero-order chi connectivity index (χ0) is 18.4. The van der Waals surface area contributed by atoms with Crippen LogP contribution in [0.2, 0.25) is 0 Å². The molecule has 6 heteroatoms. The van der Waals surface area contributed by atoms with Crippen molar-refractivity contribution in [2.75, 3.05) is 19.6 Å². The molecule has 1 aromatic carbocycles. The molecule has 138 valence electrons. The maximum absolute atomic E-state index is 13.7. The van der Waals surface area contributed by atoms with E-state index in [9.17, 15) is 14.3 Å². The molecule has 0 bridgehead atoms. The summed E-state index contributed by atoms with van der Waals surface area (Å²) in [5, 5.41) is 12.8. The van der Waals surface area contributed by atoms with Gasteiger partial charge in [0.25, 0.3) is 0 Å². The van der Waals surface area contributed by atoms with Gasteiger partial charge in [-0.25, -0.2) is 4.39 Å². The van der Waals surface area contributed by atoms with Crippen LogP contribution in [0.5, 0.6) is 0 Å². The van der Waals surface area contributed by atoms with E-state index in [0.717, 1.165) is 32.5 Å². The van der Waals surface area contributed by atoms with E-state index in [1.165, 1.54) is 17.7 Å². The molecule has 1 saturated heterocycles. The van der Waals surface area contributed by atoms with Crippen LogP contribution in [-0.2, 0) is 11.3 Å². The van der Waals surface area contributed by atoms with E-state index in [-0.39, 0.29) is 23.9 Å². The summed E-state index contributed by atoms with van der Waals surface area (Å²) < 4.78 is 13.7. The minimum atomic E-state index is -1.04. The van der Waals surface area contributed by atoms with Gasteiger partial charge in [-0.05, 0) is 43.6 Å². The lowest BCUT2D eigenvalue weighted by Crippen LogP contribution is -2.41. The molecule has 1 amide bonds. The molecule has 1 unspecified atom stereocenters. The highest BCUT2D eigenvalue weighted by molar-refractivity contribution is 5.78. The fourth-order valence-corrected chi connectivity index (χ4v) is 3.30. The molecule has 1 aliphatic rings. The Kier molecular flexibility index (Phi) is 6.30. The van der Waals surface area contributed by atoms with Gasteiger partial charge >= 0.3 is 0 Å². The number of aromatic nitrogens is 1. The summed E-state index contributed by atoms with van der Waals surface area (Å²) in [6, 6.07) is 10.1. The zero-order valence-corrected chi connectivity index (χ0v) is 14.6. The second-order valence-corrected chi connectivity index (χ2v) is 6.69. The van der Waals surface area contributed by atoms with E-state index in [1.54, 1.807) is 18.3 Å². The monoisotopic (exact) mass is 357 g/mol. The summed E-state index contributed by atoms with van der Waals surface area (Å²) in [6.07, 6.45) is 4.15. The van der Waals surface area contributed by atoms with Crippen LogP contribution >= 0.6 is 0 Å². The first-order chi connectivity index (χ1) is 12.6. The molecular formula is C20H24FN3O2. The van der Waals surface area contributed by atoms with Gasteiger partial charge in [0.05, 0.1) is 6.10 Å². The number of nitrogens with zero attached hydrogens (tertiary/aromatic N) is 2. The largest absolute Gasteiger partial charge is 0.386 e. The van der Waals surface area contributed by atoms with Gasteiger partial charge in [-0.3, -0.25) is 14.7 Å². The molecule has 5 nitrogen and oxygen atoms in total. The minimum Gasteiger partial charge on any atom is -0.386 e. The van der Waals surface area contributed by atoms with Gasteiger partial charge in [0.15, 0.2) is 0 Å². The molecule has 2 aromatic rings. The summed E-state index contributed by atoms with van der Waals surface area (Å²) in [5.74, 6) is -0.590. The molecule has 26 heavy (non-hydrogen) atoms. The summed E-state index contributed by atoms with van der Waals surface area (Å²) in [4.78, 5) is 18.8. The Morgan fingerprint density at radius 3 is 2.73 bits per heavy atom. The molecule has 2 N–H and O–H groups in total. The topological polar surface area (TPSA) is 65.5 Å². The summed E-state index contributed by atoms with van der Waals surface area (Å²) in [7, 11) is 0. The zero-order valence-electron chi connectivity index (χ0n) is 14.6. The molecular weight excluding hydrogens is 333 g/mol. The second-order valence-electron chi connectivity index (χ2n) is 6.69. The summed E-state index contributed by atoms with van der Waals surface area (Å²) in [5.41, 5.74) is 1.38. The predicted molar refractivity (Wildman–Crippen MR) is 96.6 cm³/mol. The van der Waals surface area contributed by atoms with Crippen molar-refractivity contribution in [2.45, 2.75) is 25.5 Å². The lowest BCUT2D eigenvalue weighted by atomic mass is 9.95. The second kappa shape index (κ2) is 8.87. The van der Waals surface area contributed by atoms with Gasteiger partial charge in [-0.2, -0.15) is 0 Å². The number of hydrogen-bond acceptors (Lipinski definition) is 4. The average Bonchev–Trinajstić information content (AvgIpc) is 2.67. The van der Waals surface area contributed by atoms with Crippen molar-refractivity contribution in [1.29, 1.82) is 0 Å². The van der Waals surface area contributed by atoms with Crippen molar-refractivity contribution in [2.24, 2.45) is 5.92 Å². The van der Waals surface area contributed by atoms with Gasteiger partial charge in [0.2, 0.25) is 5.91 Å². The van der Waals surface area contributed by atoms with E-state index >= 15 is 0 Å². The molecule has 0 spiro atoms. The first-order valence-electron chi connectivity index (χ1n) is 8.95. The fourth-order valence-electron chi connectivity index (χ4n) is 3.30. The van der Waals surface area contributed by atoms with Crippen LogP contribution in [0.25, 0.3) is 0 Å². The van der Waals surface area contributed by atoms with Crippen LogP contribution in [0.1, 0.15) is 30.1 Å². The number of piperidine rings is 1. The Bertz CT molecular complexity index is 718. The third-order valence-electron chi connectivity index (χ3n) is 4.82. The van der Waals surface area contributed by atoms with Crippen molar-refractivity contribution in [3.63, 3.8) is 0 Å². The Balaban J connectivity index is 1.43. The Hall–Kier alpha value is -2.31. The smallest absolute Gasteiger partial charge is 0.223 e. The molecule has 0 aliphatic carbocycles. The first-order valence-corrected chi connectivity index (χ1v) is 8.95. The number of amides is 1. The highest BCUT2D eigenvalue weighted by Crippen LogP contribution is 2.20. The number of rotatable bonds is 6. The van der Waals surface area contributed by atoms with Crippen LogP contribution in [0.15, 0.2) is 48.8 Å². The molecule has 1 atom stereocenters. The molecule has 1 aromatic heterocycles. The van der Waals surface area contributed by atoms with E-state index in [4.69, 9.17) is 0 Å². The van der Waals surface area contributed by atoms with Crippen LogP contribution in [0, 0.1) is 11.7 Å². The van der Waals surface area contributed by atoms with Crippen LogP contribution in [-0.4, -0.2) is 40.5 Å². The SMILES string of the molecule is O=C(NCC(O)c1ccccc1F)C1CCN(Cc2cccnc2)CC1. The van der Waals surface area contributed by atoms with Crippen molar-refractivity contribution in [3.8, 4) is 0 Å².